The Morgan fingerprint density at radius 1 is 1.30 bits per heavy atom. The molecule has 1 N–H and O–H groups in total. The van der Waals surface area contributed by atoms with Gasteiger partial charge in [-0.3, -0.25) is 4.98 Å². The Morgan fingerprint density at radius 2 is 2.17 bits per heavy atom. The highest BCUT2D eigenvalue weighted by Gasteiger charge is 2.35. The first-order valence-corrected chi connectivity index (χ1v) is 7.92. The minimum absolute atomic E-state index is 0.353. The van der Waals surface area contributed by atoms with Gasteiger partial charge < -0.3 is 15.0 Å². The highest BCUT2D eigenvalue weighted by molar-refractivity contribution is 5.87. The van der Waals surface area contributed by atoms with Crippen molar-refractivity contribution >= 4 is 17.0 Å². The Bertz CT molecular complexity index is 752. The summed E-state index contributed by atoms with van der Waals surface area (Å²) in [5.74, 6) is 1.14. The van der Waals surface area contributed by atoms with Crippen LogP contribution in [0.1, 0.15) is 6.42 Å². The number of nitrogens with zero attached hydrogens (tertiary/aromatic N) is 2. The fourth-order valence-corrected chi connectivity index (χ4v) is 3.54. The van der Waals surface area contributed by atoms with Crippen LogP contribution in [0.3, 0.4) is 0 Å². The highest BCUT2D eigenvalue weighted by Crippen LogP contribution is 2.29. The number of likely N-dealkylation sites (tertiary alicyclic amines) is 1. The summed E-state index contributed by atoms with van der Waals surface area (Å²) < 4.78 is 19.0. The summed E-state index contributed by atoms with van der Waals surface area (Å²) in [6.07, 6.45) is 2.20. The first-order chi connectivity index (χ1) is 11.2. The van der Waals surface area contributed by atoms with Gasteiger partial charge >= 0.3 is 6.09 Å². The zero-order valence-corrected chi connectivity index (χ0v) is 12.7. The lowest BCUT2D eigenvalue weighted by Crippen LogP contribution is -2.44. The average molecular weight is 315 g/mol. The summed E-state index contributed by atoms with van der Waals surface area (Å²) >= 11 is 0. The summed E-state index contributed by atoms with van der Waals surface area (Å²) in [7, 11) is 0. The Balaban J connectivity index is 1.53. The molecular weight excluding hydrogens is 297 g/mol. The van der Waals surface area contributed by atoms with Gasteiger partial charge in [0.05, 0.1) is 5.52 Å². The van der Waals surface area contributed by atoms with Crippen LogP contribution in [0.2, 0.25) is 0 Å². The maximum absolute atomic E-state index is 13.5. The lowest BCUT2D eigenvalue weighted by atomic mass is 9.89. The van der Waals surface area contributed by atoms with Gasteiger partial charge in [-0.2, -0.15) is 0 Å². The molecule has 5 nitrogen and oxygen atoms in total. The summed E-state index contributed by atoms with van der Waals surface area (Å²) in [5, 5.41) is 3.89. The molecule has 2 aromatic rings. The molecule has 6 heteroatoms. The number of hydrogen-bond acceptors (Lipinski definition) is 4. The number of pyridine rings is 1. The minimum Gasteiger partial charge on any atom is -0.409 e. The molecule has 1 amide bonds. The van der Waals surface area contributed by atoms with E-state index in [1.165, 1.54) is 12.1 Å². The minimum atomic E-state index is -0.374. The number of carbonyl (C=O) groups is 1. The van der Waals surface area contributed by atoms with E-state index in [1.807, 2.05) is 0 Å². The van der Waals surface area contributed by atoms with Crippen LogP contribution >= 0.6 is 0 Å². The Labute approximate surface area is 133 Å². The number of amides is 1. The molecule has 2 fully saturated rings. The monoisotopic (exact) mass is 315 g/mol. The molecule has 2 unspecified atom stereocenters. The normalized spacial score (nSPS) is 23.8. The van der Waals surface area contributed by atoms with Crippen molar-refractivity contribution in [2.24, 2.45) is 11.8 Å². The molecule has 0 aliphatic carbocycles. The topological polar surface area (TPSA) is 54.5 Å². The van der Waals surface area contributed by atoms with Crippen LogP contribution in [0.4, 0.5) is 9.18 Å². The maximum atomic E-state index is 13.5. The second-order valence-electron chi connectivity index (χ2n) is 6.25. The third-order valence-corrected chi connectivity index (χ3v) is 4.82. The smallest absolute Gasteiger partial charge is 0.409 e. The van der Waals surface area contributed by atoms with Gasteiger partial charge in [-0.1, -0.05) is 0 Å². The number of hydrogen-bond donors (Lipinski definition) is 1. The second kappa shape index (κ2) is 5.77. The number of benzene rings is 1. The number of aromatic nitrogens is 1. The van der Waals surface area contributed by atoms with Crippen molar-refractivity contribution in [2.45, 2.75) is 6.42 Å². The number of rotatable bonds is 1. The fraction of sp³-hybridized carbons (Fsp3) is 0.412. The quantitative estimate of drug-likeness (QED) is 0.878. The summed E-state index contributed by atoms with van der Waals surface area (Å²) in [6, 6.07) is 5.87. The van der Waals surface area contributed by atoms with Crippen LogP contribution in [-0.4, -0.2) is 42.2 Å². The van der Waals surface area contributed by atoms with Gasteiger partial charge in [0.25, 0.3) is 0 Å². The molecule has 0 spiro atoms. The number of piperidine rings is 1. The van der Waals surface area contributed by atoms with Crippen molar-refractivity contribution in [3.05, 3.63) is 36.3 Å². The summed E-state index contributed by atoms with van der Waals surface area (Å²) in [5.41, 5.74) is 0.607. The number of halogens is 1. The SMILES string of the molecule is O=C(Oc1ccnc2ccc(F)cc12)N1CCC2CNCC2C1. The molecule has 120 valence electrons. The van der Waals surface area contributed by atoms with Gasteiger partial charge in [0.2, 0.25) is 0 Å². The molecule has 0 saturated carbocycles. The van der Waals surface area contributed by atoms with E-state index in [1.54, 1.807) is 23.2 Å². The Morgan fingerprint density at radius 3 is 3.09 bits per heavy atom. The first kappa shape index (κ1) is 14.4. The van der Waals surface area contributed by atoms with Gasteiger partial charge in [-0.25, -0.2) is 9.18 Å². The third kappa shape index (κ3) is 2.74. The molecule has 2 atom stereocenters. The fourth-order valence-electron chi connectivity index (χ4n) is 3.54. The lowest BCUT2D eigenvalue weighted by molar-refractivity contribution is 0.117. The molecule has 2 aliphatic rings. The zero-order chi connectivity index (χ0) is 15.8. The summed E-state index contributed by atoms with van der Waals surface area (Å²) in [4.78, 5) is 18.4. The molecule has 0 bridgehead atoms. The predicted molar refractivity (Wildman–Crippen MR) is 83.8 cm³/mol. The first-order valence-electron chi connectivity index (χ1n) is 7.92. The van der Waals surface area contributed by atoms with E-state index in [-0.39, 0.29) is 11.9 Å². The molecule has 1 aromatic heterocycles. The molecule has 1 aromatic carbocycles. The Hall–Kier alpha value is -2.21. The molecule has 0 radical (unpaired) electrons. The van der Waals surface area contributed by atoms with Gasteiger partial charge in [-0.05, 0) is 55.6 Å². The third-order valence-electron chi connectivity index (χ3n) is 4.82. The average Bonchev–Trinajstić information content (AvgIpc) is 3.03. The van der Waals surface area contributed by atoms with Crippen molar-refractivity contribution in [2.75, 3.05) is 26.2 Å². The molecule has 23 heavy (non-hydrogen) atoms. The van der Waals surface area contributed by atoms with E-state index in [0.29, 0.717) is 41.6 Å². The van der Waals surface area contributed by atoms with E-state index in [0.717, 1.165) is 19.5 Å². The molecule has 3 heterocycles. The number of carbonyl (C=O) groups excluding carboxylic acids is 1. The van der Waals surface area contributed by atoms with Crippen LogP contribution in [0, 0.1) is 17.7 Å². The van der Waals surface area contributed by atoms with E-state index in [4.69, 9.17) is 4.74 Å². The predicted octanol–water partition coefficient (Wildman–Crippen LogP) is 2.41. The lowest BCUT2D eigenvalue weighted by Gasteiger charge is -2.33. The second-order valence-corrected chi connectivity index (χ2v) is 6.25. The van der Waals surface area contributed by atoms with Crippen LogP contribution < -0.4 is 10.1 Å². The molecule has 2 saturated heterocycles. The van der Waals surface area contributed by atoms with Crippen LogP contribution in [0.15, 0.2) is 30.5 Å². The van der Waals surface area contributed by atoms with Gasteiger partial charge in [0, 0.05) is 24.7 Å². The standard InChI is InChI=1S/C17H18FN3O2/c18-13-1-2-15-14(7-13)16(3-5-20-15)23-17(22)21-6-4-11-8-19-9-12(11)10-21/h1-3,5,7,11-12,19H,4,6,8-10H2. The summed E-state index contributed by atoms with van der Waals surface area (Å²) in [6.45, 7) is 3.42. The van der Waals surface area contributed by atoms with E-state index in [2.05, 4.69) is 10.3 Å². The molecule has 4 rings (SSSR count). The van der Waals surface area contributed by atoms with Crippen LogP contribution in [0.25, 0.3) is 10.9 Å². The van der Waals surface area contributed by atoms with Gasteiger partial charge in [0.15, 0.2) is 0 Å². The Kier molecular flexibility index (Phi) is 3.61. The number of fused-ring (bicyclic) bond motifs is 2. The van der Waals surface area contributed by atoms with Crippen molar-refractivity contribution in [1.29, 1.82) is 0 Å². The van der Waals surface area contributed by atoms with Crippen molar-refractivity contribution in [1.82, 2.24) is 15.2 Å². The van der Waals surface area contributed by atoms with Crippen molar-refractivity contribution in [3.63, 3.8) is 0 Å². The molecular formula is C17H18FN3O2. The van der Waals surface area contributed by atoms with Gasteiger partial charge in [0.1, 0.15) is 11.6 Å². The van der Waals surface area contributed by atoms with E-state index >= 15 is 0 Å². The van der Waals surface area contributed by atoms with Gasteiger partial charge in [-0.15, -0.1) is 0 Å². The van der Waals surface area contributed by atoms with E-state index in [9.17, 15) is 9.18 Å². The van der Waals surface area contributed by atoms with Crippen LogP contribution in [0.5, 0.6) is 5.75 Å². The highest BCUT2D eigenvalue weighted by atomic mass is 19.1. The number of ether oxygens (including phenoxy) is 1. The number of nitrogens with one attached hydrogen (secondary N) is 1. The van der Waals surface area contributed by atoms with Crippen LogP contribution in [-0.2, 0) is 0 Å². The van der Waals surface area contributed by atoms with Crippen molar-refractivity contribution in [3.8, 4) is 5.75 Å². The molecule has 2 aliphatic heterocycles. The zero-order valence-electron chi connectivity index (χ0n) is 12.7. The van der Waals surface area contributed by atoms with E-state index < -0.39 is 0 Å². The maximum Gasteiger partial charge on any atom is 0.415 e. The largest absolute Gasteiger partial charge is 0.415 e. The van der Waals surface area contributed by atoms with Crippen molar-refractivity contribution < 1.29 is 13.9 Å².